The van der Waals surface area contributed by atoms with E-state index in [1.165, 1.54) is 38.8 Å². The highest BCUT2D eigenvalue weighted by Crippen LogP contribution is 2.42. The standard InChI is InChI=1S/C12H21NO/c1-9(14)11-7-12(8-11)10-3-5-13(2)6-4-10/h10-12H,3-8H2,1-2H3. The average molecular weight is 195 g/mol. The molecule has 1 aliphatic heterocycles. The lowest BCUT2D eigenvalue weighted by molar-refractivity contribution is -0.125. The minimum Gasteiger partial charge on any atom is -0.306 e. The van der Waals surface area contributed by atoms with E-state index in [4.69, 9.17) is 0 Å². The Labute approximate surface area is 86.7 Å². The highest BCUT2D eigenvalue weighted by molar-refractivity contribution is 5.79. The van der Waals surface area contributed by atoms with Gasteiger partial charge in [0, 0.05) is 5.92 Å². The number of Topliss-reactive ketones (excluding diaryl/α,β-unsaturated/α-hetero) is 1. The van der Waals surface area contributed by atoms with Crippen molar-refractivity contribution in [2.24, 2.45) is 17.8 Å². The number of rotatable bonds is 2. The fourth-order valence-corrected chi connectivity index (χ4v) is 2.88. The van der Waals surface area contributed by atoms with Crippen molar-refractivity contribution in [3.8, 4) is 0 Å². The predicted octanol–water partition coefficient (Wildman–Crippen LogP) is 1.94. The first kappa shape index (κ1) is 10.2. The molecule has 0 aromatic carbocycles. The summed E-state index contributed by atoms with van der Waals surface area (Å²) >= 11 is 0. The topological polar surface area (TPSA) is 20.3 Å². The van der Waals surface area contributed by atoms with Crippen molar-refractivity contribution < 1.29 is 4.79 Å². The molecule has 2 nitrogen and oxygen atoms in total. The van der Waals surface area contributed by atoms with Gasteiger partial charge in [0.2, 0.25) is 0 Å². The Balaban J connectivity index is 1.74. The highest BCUT2D eigenvalue weighted by atomic mass is 16.1. The molecule has 80 valence electrons. The molecule has 1 aliphatic carbocycles. The van der Waals surface area contributed by atoms with Crippen LogP contribution < -0.4 is 0 Å². The summed E-state index contributed by atoms with van der Waals surface area (Å²) in [5, 5.41) is 0. The Hall–Kier alpha value is -0.370. The Bertz CT molecular complexity index is 212. The molecular weight excluding hydrogens is 174 g/mol. The Morgan fingerprint density at radius 3 is 2.21 bits per heavy atom. The van der Waals surface area contributed by atoms with Gasteiger partial charge in [0.05, 0.1) is 0 Å². The van der Waals surface area contributed by atoms with Crippen LogP contribution in [0.3, 0.4) is 0 Å². The lowest BCUT2D eigenvalue weighted by atomic mass is 9.65. The van der Waals surface area contributed by atoms with Gasteiger partial charge in [0.15, 0.2) is 0 Å². The minimum atomic E-state index is 0.411. The maximum absolute atomic E-state index is 11.1. The van der Waals surface area contributed by atoms with Gasteiger partial charge >= 0.3 is 0 Å². The van der Waals surface area contributed by atoms with Crippen LogP contribution in [-0.2, 0) is 4.79 Å². The van der Waals surface area contributed by atoms with E-state index in [-0.39, 0.29) is 0 Å². The van der Waals surface area contributed by atoms with Crippen LogP contribution in [0.2, 0.25) is 0 Å². The van der Waals surface area contributed by atoms with Crippen LogP contribution in [0.1, 0.15) is 32.6 Å². The summed E-state index contributed by atoms with van der Waals surface area (Å²) in [6, 6.07) is 0. The first-order valence-corrected chi connectivity index (χ1v) is 5.86. The number of piperidine rings is 1. The smallest absolute Gasteiger partial charge is 0.132 e. The summed E-state index contributed by atoms with van der Waals surface area (Å²) in [4.78, 5) is 13.5. The molecule has 1 heterocycles. The second kappa shape index (κ2) is 4.01. The molecule has 14 heavy (non-hydrogen) atoms. The summed E-state index contributed by atoms with van der Waals surface area (Å²) in [6.45, 7) is 4.26. The molecule has 0 radical (unpaired) electrons. The zero-order chi connectivity index (χ0) is 10.1. The molecule has 0 unspecified atom stereocenters. The van der Waals surface area contributed by atoms with E-state index >= 15 is 0 Å². The normalized spacial score (nSPS) is 35.3. The number of hydrogen-bond acceptors (Lipinski definition) is 2. The van der Waals surface area contributed by atoms with E-state index in [0.717, 1.165) is 11.8 Å². The Morgan fingerprint density at radius 1 is 1.14 bits per heavy atom. The van der Waals surface area contributed by atoms with Crippen molar-refractivity contribution in [1.82, 2.24) is 4.90 Å². The maximum atomic E-state index is 11.1. The number of hydrogen-bond donors (Lipinski definition) is 0. The molecule has 0 N–H and O–H groups in total. The van der Waals surface area contributed by atoms with Crippen molar-refractivity contribution in [2.75, 3.05) is 20.1 Å². The number of ketones is 1. The molecule has 0 amide bonds. The number of nitrogens with zero attached hydrogens (tertiary/aromatic N) is 1. The van der Waals surface area contributed by atoms with Gasteiger partial charge in [-0.3, -0.25) is 4.79 Å². The SMILES string of the molecule is CC(=O)C1CC(C2CCN(C)CC2)C1. The maximum Gasteiger partial charge on any atom is 0.132 e. The third-order valence-electron chi connectivity index (χ3n) is 4.18. The molecule has 0 bridgehead atoms. The van der Waals surface area contributed by atoms with E-state index in [9.17, 15) is 4.79 Å². The van der Waals surface area contributed by atoms with Crippen LogP contribution in [0.25, 0.3) is 0 Å². The predicted molar refractivity (Wildman–Crippen MR) is 57.1 cm³/mol. The van der Waals surface area contributed by atoms with Crippen LogP contribution >= 0.6 is 0 Å². The monoisotopic (exact) mass is 195 g/mol. The Kier molecular flexibility index (Phi) is 2.91. The third-order valence-corrected chi connectivity index (χ3v) is 4.18. The van der Waals surface area contributed by atoms with Gasteiger partial charge in [-0.1, -0.05) is 0 Å². The molecule has 1 saturated carbocycles. The minimum absolute atomic E-state index is 0.411. The summed E-state index contributed by atoms with van der Waals surface area (Å²) in [5.41, 5.74) is 0. The van der Waals surface area contributed by atoms with E-state index < -0.39 is 0 Å². The van der Waals surface area contributed by atoms with Gasteiger partial charge < -0.3 is 4.90 Å². The molecule has 2 rings (SSSR count). The van der Waals surface area contributed by atoms with E-state index in [1.807, 2.05) is 0 Å². The van der Waals surface area contributed by atoms with Crippen molar-refractivity contribution in [1.29, 1.82) is 0 Å². The van der Waals surface area contributed by atoms with Crippen LogP contribution in [0.4, 0.5) is 0 Å². The van der Waals surface area contributed by atoms with Gasteiger partial charge in [-0.15, -0.1) is 0 Å². The molecular formula is C12H21NO. The van der Waals surface area contributed by atoms with Crippen LogP contribution in [0, 0.1) is 17.8 Å². The van der Waals surface area contributed by atoms with Gasteiger partial charge in [-0.05, 0) is 64.6 Å². The van der Waals surface area contributed by atoms with Crippen LogP contribution in [0.15, 0.2) is 0 Å². The summed E-state index contributed by atoms with van der Waals surface area (Å²) < 4.78 is 0. The molecule has 0 atom stereocenters. The molecule has 0 aromatic heterocycles. The molecule has 0 spiro atoms. The lowest BCUT2D eigenvalue weighted by Crippen LogP contribution is -2.39. The molecule has 2 aliphatic rings. The van der Waals surface area contributed by atoms with Gasteiger partial charge in [0.25, 0.3) is 0 Å². The highest BCUT2D eigenvalue weighted by Gasteiger charge is 2.37. The number of carbonyl (C=O) groups is 1. The first-order chi connectivity index (χ1) is 6.66. The van der Waals surface area contributed by atoms with Crippen LogP contribution in [0.5, 0.6) is 0 Å². The van der Waals surface area contributed by atoms with Gasteiger partial charge in [-0.2, -0.15) is 0 Å². The van der Waals surface area contributed by atoms with Crippen molar-refractivity contribution in [3.05, 3.63) is 0 Å². The quantitative estimate of drug-likeness (QED) is 0.671. The van der Waals surface area contributed by atoms with Gasteiger partial charge in [0.1, 0.15) is 5.78 Å². The molecule has 1 saturated heterocycles. The summed E-state index contributed by atoms with van der Waals surface area (Å²) in [6.07, 6.45) is 5.07. The summed E-state index contributed by atoms with van der Waals surface area (Å²) in [7, 11) is 2.20. The molecule has 0 aromatic rings. The number of carbonyl (C=O) groups excluding carboxylic acids is 1. The average Bonchev–Trinajstić information content (AvgIpc) is 2.05. The summed E-state index contributed by atoms with van der Waals surface area (Å²) in [5.74, 6) is 2.62. The van der Waals surface area contributed by atoms with E-state index in [2.05, 4.69) is 11.9 Å². The Morgan fingerprint density at radius 2 is 1.71 bits per heavy atom. The fourth-order valence-electron chi connectivity index (χ4n) is 2.88. The van der Waals surface area contributed by atoms with Crippen molar-refractivity contribution in [2.45, 2.75) is 32.6 Å². The van der Waals surface area contributed by atoms with E-state index in [1.54, 1.807) is 6.92 Å². The zero-order valence-corrected chi connectivity index (χ0v) is 9.33. The second-order valence-corrected chi connectivity index (χ2v) is 5.18. The van der Waals surface area contributed by atoms with Crippen molar-refractivity contribution in [3.63, 3.8) is 0 Å². The van der Waals surface area contributed by atoms with E-state index in [0.29, 0.717) is 11.7 Å². The number of likely N-dealkylation sites (tertiary alicyclic amines) is 1. The molecule has 2 heteroatoms. The van der Waals surface area contributed by atoms with Gasteiger partial charge in [-0.25, -0.2) is 0 Å². The second-order valence-electron chi connectivity index (χ2n) is 5.18. The first-order valence-electron chi connectivity index (χ1n) is 5.86. The zero-order valence-electron chi connectivity index (χ0n) is 9.33. The molecule has 2 fully saturated rings. The fraction of sp³-hybridized carbons (Fsp3) is 0.917. The lowest BCUT2D eigenvalue weighted by Gasteiger charge is -2.42. The van der Waals surface area contributed by atoms with Crippen molar-refractivity contribution >= 4 is 5.78 Å². The largest absolute Gasteiger partial charge is 0.306 e. The van der Waals surface area contributed by atoms with Crippen LogP contribution in [-0.4, -0.2) is 30.8 Å². The third kappa shape index (κ3) is 2.00.